The average molecular weight is 443 g/mol. The maximum absolute atomic E-state index is 12.8. The molecule has 8 heteroatoms. The van der Waals surface area contributed by atoms with Gasteiger partial charge in [0.25, 0.3) is 0 Å². The van der Waals surface area contributed by atoms with Crippen molar-refractivity contribution in [1.29, 1.82) is 0 Å². The van der Waals surface area contributed by atoms with Crippen LogP contribution in [0.4, 0.5) is 5.82 Å². The Kier molecular flexibility index (Phi) is 6.40. The number of carbonyl (C=O) groups is 2. The first-order valence-electron chi connectivity index (χ1n) is 11.7. The first-order chi connectivity index (χ1) is 15.2. The van der Waals surface area contributed by atoms with Gasteiger partial charge in [-0.1, -0.05) is 19.0 Å². The summed E-state index contributed by atoms with van der Waals surface area (Å²) >= 11 is 0. The largest absolute Gasteiger partial charge is 0.481 e. The molecule has 2 fully saturated rings. The highest BCUT2D eigenvalue weighted by Crippen LogP contribution is 2.52. The zero-order valence-electron chi connectivity index (χ0n) is 19.4. The molecule has 0 saturated heterocycles. The summed E-state index contributed by atoms with van der Waals surface area (Å²) in [4.78, 5) is 24.4. The molecule has 1 amide bonds. The van der Waals surface area contributed by atoms with Crippen molar-refractivity contribution in [2.24, 2.45) is 18.9 Å². The van der Waals surface area contributed by atoms with E-state index < -0.39 is 11.9 Å². The van der Waals surface area contributed by atoms with Gasteiger partial charge in [0.05, 0.1) is 17.8 Å². The van der Waals surface area contributed by atoms with Crippen LogP contribution in [-0.2, 0) is 16.6 Å². The van der Waals surface area contributed by atoms with Crippen molar-refractivity contribution in [3.05, 3.63) is 28.8 Å². The van der Waals surface area contributed by atoms with E-state index in [0.717, 1.165) is 48.6 Å². The number of hydrogen-bond donors (Lipinski definition) is 2. The van der Waals surface area contributed by atoms with Crippen LogP contribution >= 0.6 is 0 Å². The number of carbonyl (C=O) groups excluding carboxylic acids is 1. The molecule has 0 aliphatic heterocycles. The second kappa shape index (κ2) is 9.08. The number of aliphatic carboxylic acids is 1. The molecule has 8 nitrogen and oxygen atoms in total. The smallest absolute Gasteiger partial charge is 0.304 e. The molecule has 0 radical (unpaired) electrons. The van der Waals surface area contributed by atoms with E-state index in [9.17, 15) is 14.7 Å². The number of carboxylic acid groups (broad SMARTS) is 1. The van der Waals surface area contributed by atoms with E-state index in [2.05, 4.69) is 29.4 Å². The number of aryl methyl sites for hydroxylation is 2. The molecule has 0 spiro atoms. The number of anilines is 1. The van der Waals surface area contributed by atoms with E-state index in [1.54, 1.807) is 17.8 Å². The lowest BCUT2D eigenvalue weighted by atomic mass is 9.69. The molecule has 2 N–H and O–H groups in total. The molecular formula is C24H34N4O4. The van der Waals surface area contributed by atoms with Gasteiger partial charge < -0.3 is 14.9 Å². The van der Waals surface area contributed by atoms with Crippen LogP contribution < -0.4 is 5.32 Å². The van der Waals surface area contributed by atoms with Crippen molar-refractivity contribution in [2.75, 3.05) is 5.32 Å². The van der Waals surface area contributed by atoms with E-state index in [1.165, 1.54) is 6.42 Å². The molecule has 2 aliphatic carbocycles. The van der Waals surface area contributed by atoms with Crippen LogP contribution in [0.25, 0.3) is 0 Å². The molecule has 2 aromatic rings. The number of rotatable bonds is 10. The minimum absolute atomic E-state index is 0.0445. The fraction of sp³-hybridized carbons (Fsp3) is 0.667. The Bertz CT molecular complexity index is 982. The van der Waals surface area contributed by atoms with Crippen LogP contribution in [0, 0.1) is 18.8 Å². The van der Waals surface area contributed by atoms with Crippen LogP contribution in [0.1, 0.15) is 99.3 Å². The summed E-state index contributed by atoms with van der Waals surface area (Å²) in [5.41, 5.74) is 2.57. The van der Waals surface area contributed by atoms with Crippen LogP contribution in [0.2, 0.25) is 0 Å². The van der Waals surface area contributed by atoms with E-state index >= 15 is 0 Å². The second-order valence-corrected chi connectivity index (χ2v) is 10.1. The van der Waals surface area contributed by atoms with Crippen molar-refractivity contribution >= 4 is 17.7 Å². The van der Waals surface area contributed by atoms with Crippen molar-refractivity contribution in [2.45, 2.75) is 83.5 Å². The normalized spacial score (nSPS) is 21.4. The first kappa shape index (κ1) is 22.6. The number of amides is 1. The number of carboxylic acids is 1. The first-order valence-corrected chi connectivity index (χ1v) is 11.7. The minimum Gasteiger partial charge on any atom is -0.481 e. The number of aromatic nitrogens is 3. The fourth-order valence-corrected chi connectivity index (χ4v) is 5.12. The Morgan fingerprint density at radius 3 is 2.53 bits per heavy atom. The van der Waals surface area contributed by atoms with Crippen LogP contribution in [0.15, 0.2) is 10.6 Å². The Hall–Kier alpha value is -2.64. The third-order valence-corrected chi connectivity index (χ3v) is 6.69. The molecule has 2 aliphatic rings. The fourth-order valence-electron chi connectivity index (χ4n) is 5.12. The van der Waals surface area contributed by atoms with E-state index in [-0.39, 0.29) is 18.7 Å². The van der Waals surface area contributed by atoms with Crippen LogP contribution in [0.5, 0.6) is 0 Å². The molecule has 2 saturated carbocycles. The zero-order valence-corrected chi connectivity index (χ0v) is 19.4. The summed E-state index contributed by atoms with van der Waals surface area (Å²) in [6.45, 7) is 6.36. The maximum Gasteiger partial charge on any atom is 0.304 e. The highest BCUT2D eigenvalue weighted by Gasteiger charge is 2.42. The summed E-state index contributed by atoms with van der Waals surface area (Å²) < 4.78 is 7.46. The zero-order chi connectivity index (χ0) is 23.0. The maximum atomic E-state index is 12.8. The van der Waals surface area contributed by atoms with Crippen molar-refractivity contribution in [3.8, 4) is 0 Å². The number of nitrogens with zero attached hydrogens (tertiary/aromatic N) is 3. The summed E-state index contributed by atoms with van der Waals surface area (Å²) in [7, 11) is 1.76. The summed E-state index contributed by atoms with van der Waals surface area (Å²) in [6, 6.07) is 1.79. The predicted octanol–water partition coefficient (Wildman–Crippen LogP) is 4.72. The standard InChI is InChI=1S/C24H34N4O4/c1-13(2)7-15-9-18(10-15)24-22(16-5-6-16)23(27-32-24)17(12-21(30)31)11-20(29)25-19-8-14(3)26-28(19)4/h8,13,15-18H,5-7,9-12H2,1-4H3,(H,25,29)(H,30,31)/t15?,17-,18?/m1/s1. The lowest BCUT2D eigenvalue weighted by Crippen LogP contribution is -2.24. The Balaban J connectivity index is 1.52. The highest BCUT2D eigenvalue weighted by molar-refractivity contribution is 5.90. The SMILES string of the molecule is Cc1cc(NC(=O)C[C@H](CC(=O)O)c2noc(C3CC(CC(C)C)C3)c2C2CC2)n(C)n1. The monoisotopic (exact) mass is 442 g/mol. The van der Waals surface area contributed by atoms with Crippen molar-refractivity contribution < 1.29 is 19.2 Å². The molecule has 174 valence electrons. The quantitative estimate of drug-likeness (QED) is 0.551. The van der Waals surface area contributed by atoms with Gasteiger partial charge in [-0.3, -0.25) is 14.3 Å². The van der Waals surface area contributed by atoms with Gasteiger partial charge in [-0.25, -0.2) is 0 Å². The van der Waals surface area contributed by atoms with Gasteiger partial charge >= 0.3 is 5.97 Å². The van der Waals surface area contributed by atoms with Gasteiger partial charge in [0.15, 0.2) is 0 Å². The summed E-state index contributed by atoms with van der Waals surface area (Å²) in [5, 5.41) is 21.0. The average Bonchev–Trinajstić information content (AvgIpc) is 3.32. The van der Waals surface area contributed by atoms with Gasteiger partial charge in [-0.15, -0.1) is 0 Å². The molecular weight excluding hydrogens is 408 g/mol. The molecule has 32 heavy (non-hydrogen) atoms. The highest BCUT2D eigenvalue weighted by atomic mass is 16.5. The molecule has 0 bridgehead atoms. The van der Waals surface area contributed by atoms with E-state index in [1.807, 2.05) is 6.92 Å². The topological polar surface area (TPSA) is 110 Å². The predicted molar refractivity (Wildman–Crippen MR) is 120 cm³/mol. The van der Waals surface area contributed by atoms with Crippen LogP contribution in [0.3, 0.4) is 0 Å². The van der Waals surface area contributed by atoms with Gasteiger partial charge in [0.1, 0.15) is 11.6 Å². The molecule has 0 unspecified atom stereocenters. The Labute approximate surface area is 188 Å². The van der Waals surface area contributed by atoms with E-state index in [0.29, 0.717) is 29.3 Å². The second-order valence-electron chi connectivity index (χ2n) is 10.1. The lowest BCUT2D eigenvalue weighted by molar-refractivity contribution is -0.137. The third-order valence-electron chi connectivity index (χ3n) is 6.69. The molecule has 1 atom stereocenters. The molecule has 4 rings (SSSR count). The van der Waals surface area contributed by atoms with Crippen molar-refractivity contribution in [1.82, 2.24) is 14.9 Å². The minimum atomic E-state index is -0.939. The molecule has 2 aromatic heterocycles. The van der Waals surface area contributed by atoms with Gasteiger partial charge in [0, 0.05) is 36.9 Å². The summed E-state index contributed by atoms with van der Waals surface area (Å²) in [5.74, 6) is 2.01. The Morgan fingerprint density at radius 1 is 1.25 bits per heavy atom. The summed E-state index contributed by atoms with van der Waals surface area (Å²) in [6.07, 6.45) is 5.48. The number of nitrogens with one attached hydrogen (secondary N) is 1. The van der Waals surface area contributed by atoms with Crippen molar-refractivity contribution in [3.63, 3.8) is 0 Å². The van der Waals surface area contributed by atoms with Gasteiger partial charge in [-0.2, -0.15) is 5.10 Å². The molecule has 2 heterocycles. The van der Waals surface area contributed by atoms with Gasteiger partial charge in [0.2, 0.25) is 5.91 Å². The van der Waals surface area contributed by atoms with E-state index in [4.69, 9.17) is 4.52 Å². The number of hydrogen-bond acceptors (Lipinski definition) is 5. The third kappa shape index (κ3) is 5.05. The lowest BCUT2D eigenvalue weighted by Gasteiger charge is -2.35. The molecule has 0 aromatic carbocycles. The Morgan fingerprint density at radius 2 is 1.97 bits per heavy atom. The van der Waals surface area contributed by atoms with Gasteiger partial charge in [-0.05, 0) is 56.8 Å². The van der Waals surface area contributed by atoms with Crippen LogP contribution in [-0.4, -0.2) is 31.9 Å².